The molecule has 4 heteroatoms. The molecule has 0 amide bonds. The van der Waals surface area contributed by atoms with E-state index >= 15 is 0 Å². The van der Waals surface area contributed by atoms with Gasteiger partial charge in [-0.2, -0.15) is 0 Å². The van der Waals surface area contributed by atoms with E-state index < -0.39 is 12.1 Å². The van der Waals surface area contributed by atoms with E-state index in [1.165, 1.54) is 0 Å². The molecular weight excluding hydrogens is 143 g/mol. The van der Waals surface area contributed by atoms with Crippen molar-refractivity contribution in [1.82, 2.24) is 0 Å². The molecule has 0 aromatic rings. The van der Waals surface area contributed by atoms with Gasteiger partial charge in [-0.05, 0) is 6.92 Å². The number of aliphatic carboxylic acids is 1. The van der Waals surface area contributed by atoms with E-state index in [2.05, 4.69) is 4.74 Å². The molecule has 2 atom stereocenters. The molecule has 50 valence electrons. The van der Waals surface area contributed by atoms with Crippen molar-refractivity contribution in [2.75, 3.05) is 0 Å². The molecule has 1 fully saturated rings. The second kappa shape index (κ2) is 4.13. The van der Waals surface area contributed by atoms with E-state index in [-0.39, 0.29) is 35.7 Å². The van der Waals surface area contributed by atoms with Crippen molar-refractivity contribution in [3.8, 4) is 0 Å². The van der Waals surface area contributed by atoms with Crippen LogP contribution in [-0.2, 0) is 9.53 Å². The Balaban J connectivity index is 0.000000810. The van der Waals surface area contributed by atoms with Gasteiger partial charge in [0.1, 0.15) is 12.2 Å². The third kappa shape index (κ3) is 2.42. The van der Waals surface area contributed by atoms with Crippen molar-refractivity contribution in [3.63, 3.8) is 0 Å². The number of carboxylic acids is 1. The fourth-order valence-corrected chi connectivity index (χ4v) is 0.650. The maximum Gasteiger partial charge on any atom is 1.00 e. The maximum absolute atomic E-state index is 9.98. The minimum atomic E-state index is -1.13. The Hall–Kier alpha value is 0.170. The predicted octanol–water partition coefficient (Wildman–Crippen LogP) is -3.92. The molecule has 0 aromatic heterocycles. The van der Waals surface area contributed by atoms with Gasteiger partial charge in [0.2, 0.25) is 0 Å². The second-order valence-corrected chi connectivity index (χ2v) is 1.87. The third-order valence-corrected chi connectivity index (χ3v) is 1.14. The molecule has 0 saturated carbocycles. The number of rotatable bonds is 2. The number of allylic oxidation sites excluding steroid dienone is 1. The van der Waals surface area contributed by atoms with Crippen LogP contribution in [0.25, 0.3) is 0 Å². The van der Waals surface area contributed by atoms with Crippen LogP contribution in [-0.4, -0.2) is 18.2 Å². The standard InChI is InChI=1S/C6H8O3.Na/c1-2-3-4-5(9-4)6(7)8;/h2-5H,1H3,(H,7,8);/q;+1/p-1/b3-2+;/t4-,5-;/m0./s1. The van der Waals surface area contributed by atoms with E-state index in [0.29, 0.717) is 0 Å². The van der Waals surface area contributed by atoms with Gasteiger partial charge in [-0.25, -0.2) is 0 Å². The second-order valence-electron chi connectivity index (χ2n) is 1.87. The number of carbonyl (C=O) groups excluding carboxylic acids is 1. The minimum absolute atomic E-state index is 0. The van der Waals surface area contributed by atoms with Gasteiger partial charge in [0, 0.05) is 0 Å². The zero-order valence-electron chi connectivity index (χ0n) is 6.03. The molecule has 0 N–H and O–H groups in total. The zero-order valence-corrected chi connectivity index (χ0v) is 8.03. The third-order valence-electron chi connectivity index (χ3n) is 1.14. The first kappa shape index (κ1) is 10.2. The van der Waals surface area contributed by atoms with Crippen LogP contribution in [0, 0.1) is 0 Å². The molecule has 1 aliphatic heterocycles. The SMILES string of the molecule is C/C=C/[C@@H]1O[C@@H]1C(=O)[O-].[Na+]. The topological polar surface area (TPSA) is 52.7 Å². The van der Waals surface area contributed by atoms with Crippen LogP contribution in [0.3, 0.4) is 0 Å². The fraction of sp³-hybridized carbons (Fsp3) is 0.500. The van der Waals surface area contributed by atoms with Crippen molar-refractivity contribution in [2.45, 2.75) is 19.1 Å². The first-order valence-electron chi connectivity index (χ1n) is 2.75. The summed E-state index contributed by atoms with van der Waals surface area (Å²) in [5.41, 5.74) is 0. The normalized spacial score (nSPS) is 29.7. The summed E-state index contributed by atoms with van der Waals surface area (Å²) in [4.78, 5) is 9.98. The molecule has 0 aliphatic carbocycles. The van der Waals surface area contributed by atoms with E-state index in [0.717, 1.165) is 0 Å². The van der Waals surface area contributed by atoms with Gasteiger partial charge in [0.05, 0.1) is 5.97 Å². The molecule has 0 bridgehead atoms. The van der Waals surface area contributed by atoms with Gasteiger partial charge in [0.15, 0.2) is 0 Å². The summed E-state index contributed by atoms with van der Waals surface area (Å²) < 4.78 is 4.67. The van der Waals surface area contributed by atoms with Gasteiger partial charge in [-0.3, -0.25) is 0 Å². The summed E-state index contributed by atoms with van der Waals surface area (Å²) in [7, 11) is 0. The van der Waals surface area contributed by atoms with E-state index in [1.807, 2.05) is 6.92 Å². The van der Waals surface area contributed by atoms with Crippen molar-refractivity contribution in [1.29, 1.82) is 0 Å². The monoisotopic (exact) mass is 150 g/mol. The smallest absolute Gasteiger partial charge is 0.547 e. The summed E-state index contributed by atoms with van der Waals surface area (Å²) in [6.45, 7) is 1.81. The molecular formula is C6H7NaO3. The number of hydrogen-bond donors (Lipinski definition) is 0. The summed E-state index contributed by atoms with van der Waals surface area (Å²) in [5, 5.41) is 9.98. The van der Waals surface area contributed by atoms with Crippen molar-refractivity contribution in [3.05, 3.63) is 12.2 Å². The molecule has 0 radical (unpaired) electrons. The van der Waals surface area contributed by atoms with Crippen molar-refractivity contribution < 1.29 is 44.2 Å². The van der Waals surface area contributed by atoms with Gasteiger partial charge >= 0.3 is 29.6 Å². The number of carbonyl (C=O) groups is 1. The van der Waals surface area contributed by atoms with Gasteiger partial charge in [-0.15, -0.1) is 0 Å². The Morgan fingerprint density at radius 2 is 2.30 bits per heavy atom. The van der Waals surface area contributed by atoms with Crippen LogP contribution < -0.4 is 34.7 Å². The van der Waals surface area contributed by atoms with Crippen LogP contribution in [0.4, 0.5) is 0 Å². The number of hydrogen-bond acceptors (Lipinski definition) is 3. The number of carboxylic acid groups (broad SMARTS) is 1. The van der Waals surface area contributed by atoms with Crippen LogP contribution >= 0.6 is 0 Å². The summed E-state index contributed by atoms with van der Waals surface area (Å²) in [5.74, 6) is -1.13. The molecule has 0 aromatic carbocycles. The minimum Gasteiger partial charge on any atom is -0.547 e. The summed E-state index contributed by atoms with van der Waals surface area (Å²) in [6, 6.07) is 0. The van der Waals surface area contributed by atoms with Crippen molar-refractivity contribution in [2.24, 2.45) is 0 Å². The molecule has 3 nitrogen and oxygen atoms in total. The molecule has 1 aliphatic rings. The number of epoxide rings is 1. The van der Waals surface area contributed by atoms with Crippen LogP contribution in [0.5, 0.6) is 0 Å². The Kier molecular flexibility index (Phi) is 4.20. The molecule has 1 saturated heterocycles. The van der Waals surface area contributed by atoms with Crippen LogP contribution in [0.15, 0.2) is 12.2 Å². The Labute approximate surface area is 81.4 Å². The van der Waals surface area contributed by atoms with Gasteiger partial charge < -0.3 is 14.6 Å². The Bertz CT molecular complexity index is 155. The average Bonchev–Trinajstić information content (AvgIpc) is 2.47. The predicted molar refractivity (Wildman–Crippen MR) is 28.5 cm³/mol. The Morgan fingerprint density at radius 3 is 2.60 bits per heavy atom. The first-order valence-corrected chi connectivity index (χ1v) is 2.75. The van der Waals surface area contributed by atoms with E-state index in [1.54, 1.807) is 12.2 Å². The quantitative estimate of drug-likeness (QED) is 0.229. The fourth-order valence-electron chi connectivity index (χ4n) is 0.650. The van der Waals surface area contributed by atoms with Crippen molar-refractivity contribution >= 4 is 5.97 Å². The first-order chi connectivity index (χ1) is 4.25. The largest absolute Gasteiger partial charge is 1.00 e. The van der Waals surface area contributed by atoms with Crippen LogP contribution in [0.2, 0.25) is 0 Å². The summed E-state index contributed by atoms with van der Waals surface area (Å²) >= 11 is 0. The van der Waals surface area contributed by atoms with Gasteiger partial charge in [-0.1, -0.05) is 12.2 Å². The molecule has 1 rings (SSSR count). The van der Waals surface area contributed by atoms with Crippen LogP contribution in [0.1, 0.15) is 6.92 Å². The van der Waals surface area contributed by atoms with Gasteiger partial charge in [0.25, 0.3) is 0 Å². The molecule has 0 unspecified atom stereocenters. The van der Waals surface area contributed by atoms with E-state index in [4.69, 9.17) is 0 Å². The molecule has 1 heterocycles. The summed E-state index contributed by atoms with van der Waals surface area (Å²) in [6.07, 6.45) is 2.52. The average molecular weight is 150 g/mol. The van der Waals surface area contributed by atoms with E-state index in [9.17, 15) is 9.90 Å². The molecule has 0 spiro atoms. The zero-order chi connectivity index (χ0) is 6.85. The maximum atomic E-state index is 9.98. The Morgan fingerprint density at radius 1 is 1.70 bits per heavy atom. The molecule has 10 heavy (non-hydrogen) atoms. The number of ether oxygens (including phenoxy) is 1.